The Hall–Kier alpha value is -2.06. The van der Waals surface area contributed by atoms with E-state index in [4.69, 9.17) is 0 Å². The van der Waals surface area contributed by atoms with Crippen molar-refractivity contribution in [2.45, 2.75) is 39.7 Å². The molecule has 1 aliphatic rings. The van der Waals surface area contributed by atoms with Gasteiger partial charge < -0.3 is 5.11 Å². The zero-order valence-corrected chi connectivity index (χ0v) is 17.0. The number of fused-ring (bicyclic) bond motifs is 1. The first-order valence-electron chi connectivity index (χ1n) is 9.63. The van der Waals surface area contributed by atoms with E-state index >= 15 is 0 Å². The number of likely N-dealkylation sites (tertiary alicyclic amines) is 1. The molecule has 2 aromatic heterocycles. The first-order valence-corrected chi connectivity index (χ1v) is 10.4. The maximum Gasteiger partial charge on any atom is 0.230 e. The van der Waals surface area contributed by atoms with E-state index in [1.165, 1.54) is 21.9 Å². The molecule has 8 heteroatoms. The summed E-state index contributed by atoms with van der Waals surface area (Å²) in [5.74, 6) is -0.110. The third-order valence-corrected chi connectivity index (χ3v) is 6.40. The lowest BCUT2D eigenvalue weighted by Crippen LogP contribution is -2.41. The Labute approximate surface area is 166 Å². The molecule has 4 rings (SSSR count). The van der Waals surface area contributed by atoms with Crippen molar-refractivity contribution < 1.29 is 13.9 Å². The average Bonchev–Trinajstić information content (AvgIpc) is 3.17. The molecule has 28 heavy (non-hydrogen) atoms. The van der Waals surface area contributed by atoms with Gasteiger partial charge in [0.2, 0.25) is 10.8 Å². The van der Waals surface area contributed by atoms with Crippen molar-refractivity contribution in [2.75, 3.05) is 13.1 Å². The quantitative estimate of drug-likeness (QED) is 0.698. The third kappa shape index (κ3) is 3.39. The number of hydrogen-bond donors (Lipinski definition) is 1. The Morgan fingerprint density at radius 3 is 2.54 bits per heavy atom. The second kappa shape index (κ2) is 7.40. The third-order valence-electron chi connectivity index (χ3n) is 5.33. The standard InChI is InChI=1S/C20H24F2N4OS/c1-4-16-23-20-26(24-16)19(27)18(28-20)17(13-5-6-14(21)15(22)8-13)25-9-11(2)7-12(3)10-25/h5-6,8,11-12,17,27H,4,7,9-10H2,1-3H3. The highest BCUT2D eigenvalue weighted by Gasteiger charge is 2.34. The average molecular weight is 407 g/mol. The highest BCUT2D eigenvalue weighted by atomic mass is 32.1. The molecule has 3 heterocycles. The van der Waals surface area contributed by atoms with Gasteiger partial charge in [-0.15, -0.1) is 5.10 Å². The second-order valence-electron chi connectivity index (χ2n) is 7.84. The topological polar surface area (TPSA) is 53.7 Å². The van der Waals surface area contributed by atoms with Crippen molar-refractivity contribution in [3.63, 3.8) is 0 Å². The molecule has 1 saturated heterocycles. The predicted octanol–water partition coefficient (Wildman–Crippen LogP) is 4.40. The number of hydrogen-bond acceptors (Lipinski definition) is 5. The van der Waals surface area contributed by atoms with Crippen molar-refractivity contribution >= 4 is 16.3 Å². The lowest BCUT2D eigenvalue weighted by molar-refractivity contribution is 0.111. The van der Waals surface area contributed by atoms with Crippen molar-refractivity contribution in [3.05, 3.63) is 46.1 Å². The van der Waals surface area contributed by atoms with Crippen LogP contribution >= 0.6 is 11.3 Å². The van der Waals surface area contributed by atoms with E-state index in [1.54, 1.807) is 6.07 Å². The van der Waals surface area contributed by atoms with Gasteiger partial charge in [0, 0.05) is 19.5 Å². The molecule has 0 bridgehead atoms. The molecule has 1 N–H and O–H groups in total. The first-order chi connectivity index (χ1) is 13.4. The summed E-state index contributed by atoms with van der Waals surface area (Å²) in [5.41, 5.74) is 0.621. The van der Waals surface area contributed by atoms with Crippen LogP contribution < -0.4 is 0 Å². The number of piperidine rings is 1. The van der Waals surface area contributed by atoms with Crippen LogP contribution in [0.1, 0.15) is 49.5 Å². The molecule has 1 fully saturated rings. The Bertz CT molecular complexity index is 992. The molecule has 0 amide bonds. The van der Waals surface area contributed by atoms with Gasteiger partial charge in [0.25, 0.3) is 0 Å². The van der Waals surface area contributed by atoms with Crippen LogP contribution in [0.3, 0.4) is 0 Å². The van der Waals surface area contributed by atoms with Crippen LogP contribution in [0.5, 0.6) is 5.88 Å². The lowest BCUT2D eigenvalue weighted by Gasteiger charge is -2.40. The lowest BCUT2D eigenvalue weighted by atomic mass is 9.89. The fourth-order valence-corrected chi connectivity index (χ4v) is 5.39. The monoisotopic (exact) mass is 406 g/mol. The zero-order valence-electron chi connectivity index (χ0n) is 16.2. The van der Waals surface area contributed by atoms with Crippen LogP contribution in [0.4, 0.5) is 8.78 Å². The maximum absolute atomic E-state index is 14.0. The molecular formula is C20H24F2N4OS. The smallest absolute Gasteiger partial charge is 0.230 e. The van der Waals surface area contributed by atoms with Gasteiger partial charge in [-0.25, -0.2) is 13.8 Å². The number of benzene rings is 1. The highest BCUT2D eigenvalue weighted by Crippen LogP contribution is 2.42. The van der Waals surface area contributed by atoms with Gasteiger partial charge in [-0.3, -0.25) is 4.90 Å². The van der Waals surface area contributed by atoms with Gasteiger partial charge in [-0.1, -0.05) is 38.2 Å². The van der Waals surface area contributed by atoms with E-state index in [2.05, 4.69) is 28.8 Å². The Morgan fingerprint density at radius 1 is 1.21 bits per heavy atom. The Balaban J connectivity index is 1.83. The second-order valence-corrected chi connectivity index (χ2v) is 8.85. The molecule has 3 aromatic rings. The van der Waals surface area contributed by atoms with E-state index in [9.17, 15) is 13.9 Å². The minimum absolute atomic E-state index is 0.0211. The fraction of sp³-hybridized carbons (Fsp3) is 0.500. The van der Waals surface area contributed by atoms with E-state index in [0.29, 0.717) is 39.5 Å². The van der Waals surface area contributed by atoms with Crippen LogP contribution in [-0.4, -0.2) is 37.7 Å². The first kappa shape index (κ1) is 19.3. The number of nitrogens with zero attached hydrogens (tertiary/aromatic N) is 4. The molecule has 3 atom stereocenters. The normalized spacial score (nSPS) is 22.0. The van der Waals surface area contributed by atoms with Gasteiger partial charge in [-0.05, 0) is 36.0 Å². The summed E-state index contributed by atoms with van der Waals surface area (Å²) < 4.78 is 29.0. The van der Waals surface area contributed by atoms with Crippen molar-refractivity contribution in [1.29, 1.82) is 0 Å². The van der Waals surface area contributed by atoms with Crippen LogP contribution in [-0.2, 0) is 6.42 Å². The summed E-state index contributed by atoms with van der Waals surface area (Å²) in [5, 5.41) is 15.2. The summed E-state index contributed by atoms with van der Waals surface area (Å²) in [6.45, 7) is 7.99. The Morgan fingerprint density at radius 2 is 1.93 bits per heavy atom. The summed E-state index contributed by atoms with van der Waals surface area (Å²) in [6.07, 6.45) is 1.80. The molecule has 3 unspecified atom stereocenters. The molecule has 1 aromatic carbocycles. The number of aromatic nitrogens is 3. The van der Waals surface area contributed by atoms with Crippen LogP contribution in [0, 0.1) is 23.5 Å². The van der Waals surface area contributed by atoms with E-state index in [0.717, 1.165) is 25.6 Å². The van der Waals surface area contributed by atoms with E-state index < -0.39 is 11.6 Å². The molecule has 0 radical (unpaired) electrons. The number of aryl methyl sites for hydroxylation is 1. The van der Waals surface area contributed by atoms with Crippen LogP contribution in [0.15, 0.2) is 18.2 Å². The van der Waals surface area contributed by atoms with Gasteiger partial charge in [0.1, 0.15) is 0 Å². The number of aromatic hydroxyl groups is 1. The summed E-state index contributed by atoms with van der Waals surface area (Å²) in [6, 6.07) is 3.60. The molecule has 0 aliphatic carbocycles. The predicted molar refractivity (Wildman–Crippen MR) is 105 cm³/mol. The molecular weight excluding hydrogens is 382 g/mol. The summed E-state index contributed by atoms with van der Waals surface area (Å²) in [7, 11) is 0. The maximum atomic E-state index is 14.0. The zero-order chi connectivity index (χ0) is 20.0. The number of halogens is 2. The van der Waals surface area contributed by atoms with Crippen LogP contribution in [0.2, 0.25) is 0 Å². The summed E-state index contributed by atoms with van der Waals surface area (Å²) >= 11 is 1.35. The fourth-order valence-electron chi connectivity index (χ4n) is 4.25. The van der Waals surface area contributed by atoms with Gasteiger partial charge >= 0.3 is 0 Å². The van der Waals surface area contributed by atoms with E-state index in [-0.39, 0.29) is 11.9 Å². The highest BCUT2D eigenvalue weighted by molar-refractivity contribution is 7.17. The molecule has 5 nitrogen and oxygen atoms in total. The number of thiazole rings is 1. The number of rotatable bonds is 4. The van der Waals surface area contributed by atoms with Crippen molar-refractivity contribution in [2.24, 2.45) is 11.8 Å². The minimum atomic E-state index is -0.882. The molecule has 1 aliphatic heterocycles. The van der Waals surface area contributed by atoms with Gasteiger partial charge in [0.15, 0.2) is 17.5 Å². The largest absolute Gasteiger partial charge is 0.492 e. The molecule has 0 spiro atoms. The van der Waals surface area contributed by atoms with Crippen LogP contribution in [0.25, 0.3) is 4.96 Å². The molecule has 150 valence electrons. The van der Waals surface area contributed by atoms with Crippen molar-refractivity contribution in [1.82, 2.24) is 19.5 Å². The Kier molecular flexibility index (Phi) is 5.09. The van der Waals surface area contributed by atoms with Gasteiger partial charge in [-0.2, -0.15) is 4.52 Å². The SMILES string of the molecule is CCc1nc2sc(C(c3ccc(F)c(F)c3)N3CC(C)CC(C)C3)c(O)n2n1. The van der Waals surface area contributed by atoms with Crippen molar-refractivity contribution in [3.8, 4) is 5.88 Å². The van der Waals surface area contributed by atoms with Gasteiger partial charge in [0.05, 0.1) is 10.9 Å². The van der Waals surface area contributed by atoms with E-state index in [1.807, 2.05) is 6.92 Å². The molecule has 0 saturated carbocycles. The summed E-state index contributed by atoms with van der Waals surface area (Å²) in [4.78, 5) is 7.96. The minimum Gasteiger partial charge on any atom is -0.492 e.